The largest absolute Gasteiger partial charge is 0.411 e. The molecule has 0 aliphatic heterocycles. The number of para-hydroxylation sites is 1. The standard InChI is InChI=1S/C9H9N3O.Y/c1-10-9-11-7-5-3-2-4-6(7)8(13)12-9;/h2-5H,1H3,(H2,10,11,12,13);/p-1. The molecule has 0 saturated carbocycles. The summed E-state index contributed by atoms with van der Waals surface area (Å²) in [5, 5.41) is 0.593. The van der Waals surface area contributed by atoms with Gasteiger partial charge in [0, 0.05) is 43.7 Å². The maximum absolute atomic E-state index is 11.4. The van der Waals surface area contributed by atoms with Gasteiger partial charge in [0.05, 0.1) is 0 Å². The number of nitrogens with one attached hydrogen (secondary N) is 1. The second-order valence-electron chi connectivity index (χ2n) is 2.63. The van der Waals surface area contributed by atoms with Crippen molar-refractivity contribution in [2.45, 2.75) is 0 Å². The third kappa shape index (κ3) is 2.02. The summed E-state index contributed by atoms with van der Waals surface area (Å²) in [6.45, 7) is 0. The summed E-state index contributed by atoms with van der Waals surface area (Å²) < 4.78 is 0. The Kier molecular flexibility index (Phi) is 3.78. The SMILES string of the molecule is CN=c1[n-]c(=O)c2ccccc2[nH]1.[Y]. The van der Waals surface area contributed by atoms with Crippen molar-refractivity contribution in [1.82, 2.24) is 9.97 Å². The van der Waals surface area contributed by atoms with Gasteiger partial charge in [-0.25, -0.2) is 0 Å². The van der Waals surface area contributed by atoms with E-state index in [0.29, 0.717) is 11.0 Å². The second kappa shape index (κ2) is 4.66. The van der Waals surface area contributed by atoms with Crippen LogP contribution >= 0.6 is 0 Å². The van der Waals surface area contributed by atoms with Crippen molar-refractivity contribution in [1.29, 1.82) is 0 Å². The maximum atomic E-state index is 11.4. The number of hydrogen-bond donors (Lipinski definition) is 1. The fourth-order valence-electron chi connectivity index (χ4n) is 1.19. The molecule has 69 valence electrons. The van der Waals surface area contributed by atoms with Crippen LogP contribution in [0.2, 0.25) is 0 Å². The van der Waals surface area contributed by atoms with E-state index in [2.05, 4.69) is 15.0 Å². The van der Waals surface area contributed by atoms with E-state index >= 15 is 0 Å². The first-order valence-electron chi connectivity index (χ1n) is 3.90. The van der Waals surface area contributed by atoms with Crippen LogP contribution in [0.3, 0.4) is 0 Å². The van der Waals surface area contributed by atoms with Crippen molar-refractivity contribution < 1.29 is 32.7 Å². The van der Waals surface area contributed by atoms with E-state index in [4.69, 9.17) is 0 Å². The van der Waals surface area contributed by atoms with Crippen molar-refractivity contribution in [3.05, 3.63) is 40.2 Å². The van der Waals surface area contributed by atoms with Gasteiger partial charge in [-0.1, -0.05) is 24.3 Å². The van der Waals surface area contributed by atoms with Gasteiger partial charge in [-0.05, 0) is 12.6 Å². The first-order chi connectivity index (χ1) is 6.31. The van der Waals surface area contributed by atoms with Gasteiger partial charge in [0.25, 0.3) is 0 Å². The van der Waals surface area contributed by atoms with E-state index in [1.165, 1.54) is 0 Å². The van der Waals surface area contributed by atoms with E-state index < -0.39 is 0 Å². The van der Waals surface area contributed by atoms with Crippen LogP contribution in [0.4, 0.5) is 0 Å². The summed E-state index contributed by atoms with van der Waals surface area (Å²) in [6, 6.07) is 7.23. The smallest absolute Gasteiger partial charge is 0.211 e. The van der Waals surface area contributed by atoms with Gasteiger partial charge in [0.15, 0.2) is 0 Å². The minimum absolute atomic E-state index is 0. The van der Waals surface area contributed by atoms with Gasteiger partial charge in [-0.3, -0.25) is 4.79 Å². The molecule has 0 spiro atoms. The molecule has 1 heterocycles. The Hall–Kier alpha value is -0.736. The third-order valence-corrected chi connectivity index (χ3v) is 1.82. The van der Waals surface area contributed by atoms with E-state index in [1.54, 1.807) is 13.1 Å². The summed E-state index contributed by atoms with van der Waals surface area (Å²) >= 11 is 0. The minimum Gasteiger partial charge on any atom is -0.411 e. The summed E-state index contributed by atoms with van der Waals surface area (Å²) in [5.41, 5.74) is 0.891. The summed E-state index contributed by atoms with van der Waals surface area (Å²) in [6.07, 6.45) is 0. The monoisotopic (exact) mass is 263 g/mol. The van der Waals surface area contributed by atoms with Crippen molar-refractivity contribution >= 4 is 10.9 Å². The molecule has 0 unspecified atom stereocenters. The molecule has 1 N–H and O–H groups in total. The second-order valence-corrected chi connectivity index (χ2v) is 2.63. The third-order valence-electron chi connectivity index (χ3n) is 1.82. The molecule has 0 atom stereocenters. The molecule has 0 amide bonds. The molecule has 0 aliphatic rings. The van der Waals surface area contributed by atoms with E-state index in [9.17, 15) is 4.79 Å². The molecule has 0 saturated heterocycles. The number of fused-ring (bicyclic) bond motifs is 1. The van der Waals surface area contributed by atoms with Crippen LogP contribution in [-0.2, 0) is 32.7 Å². The maximum Gasteiger partial charge on any atom is 0.211 e. The zero-order chi connectivity index (χ0) is 9.26. The molecule has 1 radical (unpaired) electrons. The van der Waals surface area contributed by atoms with Crippen LogP contribution in [0.15, 0.2) is 34.1 Å². The van der Waals surface area contributed by atoms with Crippen LogP contribution in [0, 0.1) is 0 Å². The Morgan fingerprint density at radius 2 is 2.07 bits per heavy atom. The Balaban J connectivity index is 0.000000980. The van der Waals surface area contributed by atoms with Crippen molar-refractivity contribution in [2.24, 2.45) is 4.99 Å². The van der Waals surface area contributed by atoms with Gasteiger partial charge >= 0.3 is 0 Å². The quantitative estimate of drug-likeness (QED) is 0.728. The van der Waals surface area contributed by atoms with Crippen molar-refractivity contribution in [2.75, 3.05) is 7.05 Å². The Bertz CT molecular complexity index is 555. The number of nitrogens with zero attached hydrogens (tertiary/aromatic N) is 2. The molecule has 1 aromatic heterocycles. The molecule has 0 fully saturated rings. The van der Waals surface area contributed by atoms with Crippen LogP contribution in [0.1, 0.15) is 0 Å². The first kappa shape index (κ1) is 11.3. The number of benzene rings is 1. The van der Waals surface area contributed by atoms with Crippen LogP contribution in [0.25, 0.3) is 10.9 Å². The van der Waals surface area contributed by atoms with Gasteiger partial charge < -0.3 is 15.0 Å². The minimum atomic E-state index is -0.241. The van der Waals surface area contributed by atoms with Crippen LogP contribution < -0.4 is 16.2 Å². The molecule has 4 nitrogen and oxygen atoms in total. The normalized spacial score (nSPS) is 11.4. The number of rotatable bonds is 0. The first-order valence-corrected chi connectivity index (χ1v) is 3.90. The number of hydrogen-bond acceptors (Lipinski definition) is 2. The number of aromatic amines is 1. The van der Waals surface area contributed by atoms with E-state index in [0.717, 1.165) is 5.52 Å². The summed E-state index contributed by atoms with van der Waals surface area (Å²) in [4.78, 5) is 21.9. The van der Waals surface area contributed by atoms with Crippen molar-refractivity contribution in [3.8, 4) is 0 Å². The van der Waals surface area contributed by atoms with E-state index in [1.807, 2.05) is 18.2 Å². The fraction of sp³-hybridized carbons (Fsp3) is 0.111. The average molecular weight is 263 g/mol. The average Bonchev–Trinajstić information content (AvgIpc) is 2.18. The number of aromatic nitrogens is 2. The Morgan fingerprint density at radius 1 is 1.36 bits per heavy atom. The molecule has 0 bridgehead atoms. The predicted molar refractivity (Wildman–Crippen MR) is 49.4 cm³/mol. The molecule has 2 aromatic rings. The molecule has 1 aromatic carbocycles. The summed E-state index contributed by atoms with van der Waals surface area (Å²) in [5.74, 6) is 0. The van der Waals surface area contributed by atoms with Crippen molar-refractivity contribution in [3.63, 3.8) is 0 Å². The summed E-state index contributed by atoms with van der Waals surface area (Å²) in [7, 11) is 1.59. The number of H-pyrrole nitrogens is 1. The molecule has 5 heteroatoms. The van der Waals surface area contributed by atoms with Crippen LogP contribution in [0.5, 0.6) is 0 Å². The topological polar surface area (TPSA) is 59.3 Å². The fourth-order valence-corrected chi connectivity index (χ4v) is 1.19. The van der Waals surface area contributed by atoms with Gasteiger partial charge in [-0.2, -0.15) is 0 Å². The molecular weight excluding hydrogens is 255 g/mol. The molecule has 2 rings (SSSR count). The van der Waals surface area contributed by atoms with Crippen LogP contribution in [-0.4, -0.2) is 12.0 Å². The molecular formula is C9H8N3OY-. The van der Waals surface area contributed by atoms with E-state index in [-0.39, 0.29) is 38.3 Å². The Morgan fingerprint density at radius 3 is 2.79 bits per heavy atom. The van der Waals surface area contributed by atoms with Gasteiger partial charge in [-0.15, -0.1) is 0 Å². The van der Waals surface area contributed by atoms with Gasteiger partial charge in [0.1, 0.15) is 0 Å². The Labute approximate surface area is 105 Å². The zero-order valence-corrected chi connectivity index (χ0v) is 10.5. The molecule has 14 heavy (non-hydrogen) atoms. The van der Waals surface area contributed by atoms with Gasteiger partial charge in [0.2, 0.25) is 5.56 Å². The zero-order valence-electron chi connectivity index (χ0n) is 7.69. The molecule has 0 aliphatic carbocycles. The predicted octanol–water partition coefficient (Wildman–Crippen LogP) is 0.0133.